The standard InChI is InChI=1S/C26H20F3N5O5/c1-24-17(35)10-25(39-24,6-8-33-12-32-16(9-18(33)36)26(27,28)29)20-19(24)22(37)34(23(20)38)15-5-4-13(11-30)21-14(15)3-2-7-31-21/h2-5,7,9,12,17,35,37-38H,6,8,10H2,1H3/t17-,24-,25+/m0/s1. The van der Waals surface area contributed by atoms with Crippen molar-refractivity contribution in [1.29, 1.82) is 5.26 Å². The lowest BCUT2D eigenvalue weighted by Crippen LogP contribution is -2.33. The number of benzene rings is 1. The molecule has 0 saturated carbocycles. The minimum Gasteiger partial charge on any atom is -0.494 e. The summed E-state index contributed by atoms with van der Waals surface area (Å²) in [4.78, 5) is 20.0. The van der Waals surface area contributed by atoms with Crippen molar-refractivity contribution < 1.29 is 33.2 Å². The molecular weight excluding hydrogens is 519 g/mol. The molecule has 6 rings (SSSR count). The molecule has 3 atom stereocenters. The van der Waals surface area contributed by atoms with E-state index in [4.69, 9.17) is 4.74 Å². The molecule has 0 unspecified atom stereocenters. The van der Waals surface area contributed by atoms with Crippen LogP contribution in [0.4, 0.5) is 13.2 Å². The van der Waals surface area contributed by atoms with Crippen LogP contribution in [0.2, 0.25) is 0 Å². The molecule has 5 heterocycles. The number of fused-ring (bicyclic) bond motifs is 6. The van der Waals surface area contributed by atoms with Gasteiger partial charge in [-0.2, -0.15) is 18.4 Å². The van der Waals surface area contributed by atoms with E-state index in [1.165, 1.54) is 16.8 Å². The fourth-order valence-electron chi connectivity index (χ4n) is 5.84. The Kier molecular flexibility index (Phi) is 5.14. The van der Waals surface area contributed by atoms with E-state index >= 15 is 0 Å². The SMILES string of the molecule is C[C@]12O[C@](CCn3cnc(C(F)(F)F)cc3=O)(C[C@@H]1O)c1c2c(O)n(-c2ccc(C#N)c3ncccc23)c1O. The van der Waals surface area contributed by atoms with E-state index in [1.54, 1.807) is 25.1 Å². The van der Waals surface area contributed by atoms with Crippen LogP contribution in [-0.2, 0) is 28.7 Å². The van der Waals surface area contributed by atoms with E-state index in [9.17, 15) is 38.5 Å². The Morgan fingerprint density at radius 2 is 1.95 bits per heavy atom. The number of halogens is 3. The number of rotatable bonds is 4. The van der Waals surface area contributed by atoms with Gasteiger partial charge in [-0.15, -0.1) is 0 Å². The topological polar surface area (TPSA) is 146 Å². The summed E-state index contributed by atoms with van der Waals surface area (Å²) in [5.41, 5.74) is -3.64. The van der Waals surface area contributed by atoms with E-state index in [0.29, 0.717) is 28.2 Å². The average Bonchev–Trinajstić information content (AvgIpc) is 3.43. The molecule has 0 aliphatic carbocycles. The molecule has 1 aromatic carbocycles. The van der Waals surface area contributed by atoms with Crippen molar-refractivity contribution >= 4 is 10.9 Å². The van der Waals surface area contributed by atoms with Crippen LogP contribution in [-0.4, -0.2) is 40.5 Å². The number of aryl methyl sites for hydroxylation is 1. The predicted molar refractivity (Wildman–Crippen MR) is 128 cm³/mol. The number of aliphatic hydroxyl groups excluding tert-OH is 1. The molecule has 4 aromatic rings. The molecule has 10 nitrogen and oxygen atoms in total. The Hall–Kier alpha value is -4.41. The van der Waals surface area contributed by atoms with Gasteiger partial charge >= 0.3 is 6.18 Å². The van der Waals surface area contributed by atoms with Crippen molar-refractivity contribution in [2.75, 3.05) is 0 Å². The smallest absolute Gasteiger partial charge is 0.433 e. The summed E-state index contributed by atoms with van der Waals surface area (Å²) in [5, 5.41) is 43.7. The monoisotopic (exact) mass is 539 g/mol. The largest absolute Gasteiger partial charge is 0.494 e. The first-order valence-corrected chi connectivity index (χ1v) is 11.9. The minimum absolute atomic E-state index is 0.00595. The van der Waals surface area contributed by atoms with Gasteiger partial charge in [0.2, 0.25) is 11.8 Å². The summed E-state index contributed by atoms with van der Waals surface area (Å²) < 4.78 is 47.2. The zero-order chi connectivity index (χ0) is 27.9. The second-order valence-electron chi connectivity index (χ2n) is 9.85. The molecule has 2 bridgehead atoms. The molecular formula is C26H20F3N5O5. The van der Waals surface area contributed by atoms with Gasteiger partial charge in [0, 0.05) is 30.6 Å². The van der Waals surface area contributed by atoms with Gasteiger partial charge in [0.25, 0.3) is 5.56 Å². The Morgan fingerprint density at radius 3 is 2.64 bits per heavy atom. The number of nitriles is 1. The lowest BCUT2D eigenvalue weighted by molar-refractivity contribution is -0.141. The Labute approximate surface area is 217 Å². The molecule has 13 heteroatoms. The summed E-state index contributed by atoms with van der Waals surface area (Å²) in [6.07, 6.45) is -3.57. The number of ether oxygens (including phenoxy) is 1. The second-order valence-corrected chi connectivity index (χ2v) is 9.85. The predicted octanol–water partition coefficient (Wildman–Crippen LogP) is 3.18. The number of alkyl halides is 3. The molecule has 39 heavy (non-hydrogen) atoms. The first kappa shape index (κ1) is 24.9. The normalized spacial score (nSPS) is 23.7. The van der Waals surface area contributed by atoms with Crippen LogP contribution in [0.25, 0.3) is 16.6 Å². The number of aromatic hydroxyl groups is 2. The molecule has 200 valence electrons. The number of aliphatic hydroxyl groups is 1. The van der Waals surface area contributed by atoms with E-state index in [0.717, 1.165) is 10.9 Å². The lowest BCUT2D eigenvalue weighted by atomic mass is 9.76. The van der Waals surface area contributed by atoms with E-state index in [2.05, 4.69) is 16.0 Å². The summed E-state index contributed by atoms with van der Waals surface area (Å²) >= 11 is 0. The van der Waals surface area contributed by atoms with E-state index < -0.39 is 34.7 Å². The quantitative estimate of drug-likeness (QED) is 0.359. The van der Waals surface area contributed by atoms with Crippen molar-refractivity contribution in [1.82, 2.24) is 19.1 Å². The fraction of sp³-hybridized carbons (Fsp3) is 0.308. The maximum Gasteiger partial charge on any atom is 0.433 e. The summed E-state index contributed by atoms with van der Waals surface area (Å²) in [7, 11) is 0. The van der Waals surface area contributed by atoms with Crippen LogP contribution >= 0.6 is 0 Å². The van der Waals surface area contributed by atoms with Crippen LogP contribution in [0.1, 0.15) is 42.1 Å². The fourth-order valence-corrected chi connectivity index (χ4v) is 5.84. The van der Waals surface area contributed by atoms with Crippen LogP contribution in [0.15, 0.2) is 47.7 Å². The maximum atomic E-state index is 12.9. The van der Waals surface area contributed by atoms with E-state index in [-0.39, 0.29) is 42.3 Å². The average molecular weight is 539 g/mol. The van der Waals surface area contributed by atoms with E-state index in [1.807, 2.05) is 0 Å². The molecule has 2 aliphatic rings. The second kappa shape index (κ2) is 8.05. The number of aromatic nitrogens is 4. The third kappa shape index (κ3) is 3.38. The minimum atomic E-state index is -4.77. The summed E-state index contributed by atoms with van der Waals surface area (Å²) in [6, 6.07) is 8.86. The van der Waals surface area contributed by atoms with Crippen molar-refractivity contribution in [3.8, 4) is 23.5 Å². The molecule has 0 spiro atoms. The van der Waals surface area contributed by atoms with Gasteiger partial charge < -0.3 is 20.1 Å². The van der Waals surface area contributed by atoms with Crippen molar-refractivity contribution in [3.63, 3.8) is 0 Å². The first-order chi connectivity index (χ1) is 18.4. The Morgan fingerprint density at radius 1 is 1.21 bits per heavy atom. The van der Waals surface area contributed by atoms with Gasteiger partial charge in [-0.25, -0.2) is 4.98 Å². The zero-order valence-corrected chi connectivity index (χ0v) is 20.3. The number of pyridine rings is 1. The molecule has 3 N–H and O–H groups in total. The third-order valence-corrected chi connectivity index (χ3v) is 7.67. The Balaban J connectivity index is 1.47. The third-order valence-electron chi connectivity index (χ3n) is 7.67. The highest BCUT2D eigenvalue weighted by atomic mass is 19.4. The summed E-state index contributed by atoms with van der Waals surface area (Å²) in [6.45, 7) is 1.43. The van der Waals surface area contributed by atoms with Gasteiger partial charge in [-0.3, -0.25) is 18.9 Å². The molecule has 0 amide bonds. The van der Waals surface area contributed by atoms with Crippen LogP contribution < -0.4 is 5.56 Å². The van der Waals surface area contributed by atoms with Gasteiger partial charge in [-0.1, -0.05) is 0 Å². The van der Waals surface area contributed by atoms with Crippen molar-refractivity contribution in [3.05, 3.63) is 75.6 Å². The Bertz CT molecular complexity index is 1770. The zero-order valence-electron chi connectivity index (χ0n) is 20.3. The highest BCUT2D eigenvalue weighted by Crippen LogP contribution is 2.65. The van der Waals surface area contributed by atoms with Gasteiger partial charge in [0.15, 0.2) is 5.69 Å². The molecule has 2 aliphatic heterocycles. The highest BCUT2D eigenvalue weighted by Gasteiger charge is 2.66. The lowest BCUT2D eigenvalue weighted by Gasteiger charge is -2.27. The first-order valence-electron chi connectivity index (χ1n) is 11.9. The number of hydrogen-bond acceptors (Lipinski definition) is 8. The van der Waals surface area contributed by atoms with Gasteiger partial charge in [0.05, 0.1) is 40.3 Å². The van der Waals surface area contributed by atoms with Crippen molar-refractivity contribution in [2.24, 2.45) is 0 Å². The highest BCUT2D eigenvalue weighted by molar-refractivity contribution is 5.92. The number of hydrogen-bond donors (Lipinski definition) is 3. The van der Waals surface area contributed by atoms with Crippen LogP contribution in [0.3, 0.4) is 0 Å². The number of nitrogens with zero attached hydrogens (tertiary/aromatic N) is 5. The maximum absolute atomic E-state index is 12.9. The molecule has 1 fully saturated rings. The molecule has 1 saturated heterocycles. The van der Waals surface area contributed by atoms with Gasteiger partial charge in [-0.05, 0) is 37.6 Å². The van der Waals surface area contributed by atoms with Crippen LogP contribution in [0.5, 0.6) is 11.8 Å². The molecule has 3 aromatic heterocycles. The van der Waals surface area contributed by atoms with Crippen LogP contribution in [0, 0.1) is 11.3 Å². The van der Waals surface area contributed by atoms with Crippen molar-refractivity contribution in [2.45, 2.75) is 49.8 Å². The summed E-state index contributed by atoms with van der Waals surface area (Å²) in [5.74, 6) is -0.750. The molecule has 0 radical (unpaired) electrons. The van der Waals surface area contributed by atoms with Gasteiger partial charge in [0.1, 0.15) is 17.3 Å².